The van der Waals surface area contributed by atoms with Crippen LogP contribution in [-0.4, -0.2) is 0 Å². The third kappa shape index (κ3) is 5.86. The quantitative estimate of drug-likeness (QED) is 0.149. The third-order valence-electron chi connectivity index (χ3n) is 11.8. The Morgan fingerprint density at radius 2 is 0.534 bits per heavy atom. The van der Waals surface area contributed by atoms with Gasteiger partial charge < -0.3 is 0 Å². The number of rotatable bonds is 6. The molecule has 0 unspecified atom stereocenters. The zero-order valence-corrected chi connectivity index (χ0v) is 31.9. The highest BCUT2D eigenvalue weighted by atomic mass is 14.2. The van der Waals surface area contributed by atoms with Gasteiger partial charge in [0.2, 0.25) is 0 Å². The lowest BCUT2D eigenvalue weighted by Gasteiger charge is -2.21. The second-order valence-electron chi connectivity index (χ2n) is 15.2. The molecule has 0 saturated heterocycles. The van der Waals surface area contributed by atoms with Gasteiger partial charge in [-0.1, -0.05) is 200 Å². The first kappa shape index (κ1) is 33.8. The van der Waals surface area contributed by atoms with Crippen molar-refractivity contribution in [3.8, 4) is 66.8 Å². The van der Waals surface area contributed by atoms with Gasteiger partial charge in [-0.3, -0.25) is 0 Å². The summed E-state index contributed by atoms with van der Waals surface area (Å²) < 4.78 is 0. The summed E-state index contributed by atoms with van der Waals surface area (Å²) in [4.78, 5) is 0. The molecule has 0 heterocycles. The lowest BCUT2D eigenvalue weighted by molar-refractivity contribution is 1.60. The average Bonchev–Trinajstić information content (AvgIpc) is 3.31. The minimum absolute atomic E-state index is 1.20. The maximum Gasteiger partial charge on any atom is -0.00201 e. The van der Waals surface area contributed by atoms with Crippen molar-refractivity contribution in [2.24, 2.45) is 0 Å². The van der Waals surface area contributed by atoms with Gasteiger partial charge >= 0.3 is 0 Å². The second kappa shape index (κ2) is 14.2. The Hall–Kier alpha value is -7.54. The van der Waals surface area contributed by atoms with Gasteiger partial charge in [0.05, 0.1) is 0 Å². The summed E-state index contributed by atoms with van der Waals surface area (Å²) in [5.74, 6) is 0. The van der Waals surface area contributed by atoms with Gasteiger partial charge in [0.25, 0.3) is 0 Å². The third-order valence-corrected chi connectivity index (χ3v) is 11.8. The Morgan fingerprint density at radius 3 is 1.05 bits per heavy atom. The molecule has 11 rings (SSSR count). The highest BCUT2D eigenvalue weighted by Crippen LogP contribution is 2.48. The van der Waals surface area contributed by atoms with Crippen molar-refractivity contribution < 1.29 is 0 Å². The number of fused-ring (bicyclic) bond motifs is 5. The van der Waals surface area contributed by atoms with Gasteiger partial charge in [0.15, 0.2) is 0 Å². The molecule has 0 heteroatoms. The molecule has 0 aliphatic carbocycles. The van der Waals surface area contributed by atoms with Crippen molar-refractivity contribution in [2.75, 3.05) is 0 Å². The maximum atomic E-state index is 2.45. The minimum atomic E-state index is 1.20. The Labute approximate surface area is 339 Å². The molecule has 0 bridgehead atoms. The SMILES string of the molecule is c1ccc(-c2cc3ccccc3cc2-c2ccc3c(c2)c(-c2ccccc2)c(-c2ccccc2)c2cc(-c4ccccc4-c4ccc5ccccc5c4)ccc23)cc1. The van der Waals surface area contributed by atoms with Crippen LogP contribution in [0, 0.1) is 0 Å². The van der Waals surface area contributed by atoms with E-state index in [2.05, 4.69) is 231 Å². The van der Waals surface area contributed by atoms with Crippen LogP contribution in [-0.2, 0) is 0 Å². The van der Waals surface area contributed by atoms with Crippen LogP contribution in [0.3, 0.4) is 0 Å². The highest BCUT2D eigenvalue weighted by molar-refractivity contribution is 6.23. The monoisotopic (exact) mass is 734 g/mol. The largest absolute Gasteiger partial charge is 0.0622 e. The zero-order chi connectivity index (χ0) is 38.4. The van der Waals surface area contributed by atoms with E-state index in [1.54, 1.807) is 0 Å². The molecule has 0 N–H and O–H groups in total. The lowest BCUT2D eigenvalue weighted by Crippen LogP contribution is -1.94. The fraction of sp³-hybridized carbons (Fsp3) is 0. The molecular weight excluding hydrogens is 697 g/mol. The topological polar surface area (TPSA) is 0 Å². The van der Waals surface area contributed by atoms with Crippen LogP contribution in [0.25, 0.3) is 110 Å². The molecule has 0 nitrogen and oxygen atoms in total. The number of hydrogen-bond acceptors (Lipinski definition) is 0. The van der Waals surface area contributed by atoms with Gasteiger partial charge in [0, 0.05) is 0 Å². The van der Waals surface area contributed by atoms with E-state index >= 15 is 0 Å². The van der Waals surface area contributed by atoms with Crippen LogP contribution in [0.15, 0.2) is 231 Å². The van der Waals surface area contributed by atoms with Gasteiger partial charge in [-0.15, -0.1) is 0 Å². The van der Waals surface area contributed by atoms with Crippen LogP contribution in [0.4, 0.5) is 0 Å². The van der Waals surface area contributed by atoms with E-state index in [0.717, 1.165) is 0 Å². The van der Waals surface area contributed by atoms with Gasteiger partial charge in [0.1, 0.15) is 0 Å². The van der Waals surface area contributed by atoms with E-state index in [-0.39, 0.29) is 0 Å². The van der Waals surface area contributed by atoms with Crippen LogP contribution in [0.2, 0.25) is 0 Å². The van der Waals surface area contributed by atoms with E-state index in [4.69, 9.17) is 0 Å². The maximum absolute atomic E-state index is 2.45. The average molecular weight is 735 g/mol. The predicted molar refractivity (Wildman–Crippen MR) is 249 cm³/mol. The zero-order valence-electron chi connectivity index (χ0n) is 31.9. The fourth-order valence-corrected chi connectivity index (χ4v) is 9.06. The smallest absolute Gasteiger partial charge is 0.00201 e. The number of hydrogen-bond donors (Lipinski definition) is 0. The van der Waals surface area contributed by atoms with Crippen molar-refractivity contribution in [3.63, 3.8) is 0 Å². The highest BCUT2D eigenvalue weighted by Gasteiger charge is 2.21. The van der Waals surface area contributed by atoms with E-state index < -0.39 is 0 Å². The second-order valence-corrected chi connectivity index (χ2v) is 15.2. The molecule has 0 amide bonds. The predicted octanol–water partition coefficient (Wildman–Crippen LogP) is 16.3. The summed E-state index contributed by atoms with van der Waals surface area (Å²) in [6, 6.07) is 84.7. The molecule has 0 spiro atoms. The number of benzene rings is 11. The molecule has 58 heavy (non-hydrogen) atoms. The summed E-state index contributed by atoms with van der Waals surface area (Å²) in [6.07, 6.45) is 0. The van der Waals surface area contributed by atoms with E-state index in [1.165, 1.54) is 110 Å². The van der Waals surface area contributed by atoms with Crippen molar-refractivity contribution in [2.45, 2.75) is 0 Å². The molecule has 11 aromatic rings. The first-order valence-corrected chi connectivity index (χ1v) is 20.1. The van der Waals surface area contributed by atoms with Crippen molar-refractivity contribution in [1.82, 2.24) is 0 Å². The van der Waals surface area contributed by atoms with Crippen LogP contribution < -0.4 is 0 Å². The molecule has 11 aromatic carbocycles. The first-order chi connectivity index (χ1) is 28.8. The molecule has 0 aromatic heterocycles. The Kier molecular flexibility index (Phi) is 8.26. The summed E-state index contributed by atoms with van der Waals surface area (Å²) in [5, 5.41) is 9.95. The summed E-state index contributed by atoms with van der Waals surface area (Å²) in [7, 11) is 0. The van der Waals surface area contributed by atoms with Crippen LogP contribution in [0.1, 0.15) is 0 Å². The van der Waals surface area contributed by atoms with Gasteiger partial charge in [-0.25, -0.2) is 0 Å². The normalized spacial score (nSPS) is 11.4. The minimum Gasteiger partial charge on any atom is -0.0622 e. The van der Waals surface area contributed by atoms with Gasteiger partial charge in [-0.2, -0.15) is 0 Å². The standard InChI is InChI=1S/C58H38/c1-4-17-40(18-5-1)53-35-44-24-12-13-25-45(44)36-54(53)48-31-33-52-51-32-30-47(50-27-15-14-26-49(50)46-29-28-39-16-10-11-23-43(39)34-46)37-55(51)57(41-19-6-2-7-20-41)58(56(52)38-48)42-21-8-3-9-22-42/h1-38H. The summed E-state index contributed by atoms with van der Waals surface area (Å²) in [6.45, 7) is 0. The van der Waals surface area contributed by atoms with Crippen molar-refractivity contribution in [3.05, 3.63) is 231 Å². The summed E-state index contributed by atoms with van der Waals surface area (Å²) in [5.41, 5.74) is 14.7. The molecule has 0 aliphatic rings. The van der Waals surface area contributed by atoms with Crippen LogP contribution in [0.5, 0.6) is 0 Å². The van der Waals surface area contributed by atoms with E-state index in [9.17, 15) is 0 Å². The fourth-order valence-electron chi connectivity index (χ4n) is 9.06. The summed E-state index contributed by atoms with van der Waals surface area (Å²) >= 11 is 0. The van der Waals surface area contributed by atoms with Crippen molar-refractivity contribution in [1.29, 1.82) is 0 Å². The van der Waals surface area contributed by atoms with Crippen molar-refractivity contribution >= 4 is 43.1 Å². The Morgan fingerprint density at radius 1 is 0.172 bits per heavy atom. The van der Waals surface area contributed by atoms with E-state index in [0.29, 0.717) is 0 Å². The molecule has 0 atom stereocenters. The lowest BCUT2D eigenvalue weighted by atomic mass is 9.82. The first-order valence-electron chi connectivity index (χ1n) is 20.1. The van der Waals surface area contributed by atoms with Crippen LogP contribution >= 0.6 is 0 Å². The van der Waals surface area contributed by atoms with E-state index in [1.807, 2.05) is 0 Å². The molecule has 0 radical (unpaired) electrons. The Bertz CT molecular complexity index is 3300. The molecule has 0 fully saturated rings. The molecule has 0 saturated carbocycles. The van der Waals surface area contributed by atoms with Gasteiger partial charge in [-0.05, 0) is 140 Å². The Balaban J connectivity index is 1.20. The molecule has 270 valence electrons. The molecule has 0 aliphatic heterocycles. The molecular formula is C58H38.